The van der Waals surface area contributed by atoms with E-state index in [2.05, 4.69) is 16.0 Å². The maximum atomic E-state index is 14.5. The molecular weight excluding hydrogens is 471 g/mol. The molecule has 2 atom stereocenters. The number of amides is 1. The van der Waals surface area contributed by atoms with Crippen molar-refractivity contribution in [1.82, 2.24) is 14.8 Å². The van der Waals surface area contributed by atoms with E-state index in [4.69, 9.17) is 4.74 Å². The van der Waals surface area contributed by atoms with Gasteiger partial charge >= 0.3 is 12.3 Å². The highest BCUT2D eigenvalue weighted by Gasteiger charge is 2.83. The van der Waals surface area contributed by atoms with Crippen LogP contribution < -0.4 is 4.90 Å². The molecule has 1 saturated carbocycles. The van der Waals surface area contributed by atoms with Crippen molar-refractivity contribution in [1.29, 1.82) is 5.26 Å². The van der Waals surface area contributed by atoms with Crippen molar-refractivity contribution in [2.24, 2.45) is 10.8 Å². The third kappa shape index (κ3) is 4.03. The second kappa shape index (κ2) is 8.23. The summed E-state index contributed by atoms with van der Waals surface area (Å²) in [5, 5.41) is 10.1. The lowest BCUT2D eigenvalue weighted by molar-refractivity contribution is -0.191. The van der Waals surface area contributed by atoms with Crippen LogP contribution in [0.5, 0.6) is 0 Å². The summed E-state index contributed by atoms with van der Waals surface area (Å²) in [6, 6.07) is 9.05. The van der Waals surface area contributed by atoms with Gasteiger partial charge in [0.2, 0.25) is 0 Å². The highest BCUT2D eigenvalue weighted by molar-refractivity contribution is 5.95. The van der Waals surface area contributed by atoms with Crippen LogP contribution in [0.1, 0.15) is 32.8 Å². The molecule has 10 heteroatoms. The van der Waals surface area contributed by atoms with Crippen molar-refractivity contribution < 1.29 is 22.7 Å². The molecule has 1 aromatic carbocycles. The SMILES string of the molecule is CC(C)(C)OC(=O)N1CCN(CC23CN(c4ccc(C#N)c5ncccc45)CC2(C(F)(F)F)C3)CC1. The first kappa shape index (κ1) is 24.6. The Balaban J connectivity index is 1.34. The smallest absolute Gasteiger partial charge is 0.410 e. The molecule has 2 unspecified atom stereocenters. The summed E-state index contributed by atoms with van der Waals surface area (Å²) < 4.78 is 48.8. The monoisotopic (exact) mass is 501 g/mol. The van der Waals surface area contributed by atoms with Gasteiger partial charge in [-0.15, -0.1) is 0 Å². The molecule has 0 N–H and O–H groups in total. The zero-order chi connectivity index (χ0) is 25.9. The zero-order valence-corrected chi connectivity index (χ0v) is 20.7. The van der Waals surface area contributed by atoms with E-state index < -0.39 is 22.6 Å². The van der Waals surface area contributed by atoms with Crippen molar-refractivity contribution >= 4 is 22.7 Å². The molecule has 7 nitrogen and oxygen atoms in total. The number of piperidine rings is 1. The number of nitriles is 1. The molecule has 1 aromatic heterocycles. The molecule has 192 valence electrons. The van der Waals surface area contributed by atoms with Crippen LogP contribution in [0.2, 0.25) is 0 Å². The third-order valence-electron chi connectivity index (χ3n) is 7.79. The maximum Gasteiger partial charge on any atom is 0.410 e. The topological polar surface area (TPSA) is 72.7 Å². The molecule has 3 fully saturated rings. The number of piperazine rings is 1. The number of carbonyl (C=O) groups excluding carboxylic acids is 1. The van der Waals surface area contributed by atoms with Gasteiger partial charge in [0.1, 0.15) is 11.7 Å². The minimum absolute atomic E-state index is 0.107. The van der Waals surface area contributed by atoms with Gasteiger partial charge in [0.25, 0.3) is 0 Å². The predicted molar refractivity (Wildman–Crippen MR) is 128 cm³/mol. The molecule has 3 heterocycles. The van der Waals surface area contributed by atoms with Gasteiger partial charge in [0.15, 0.2) is 0 Å². The summed E-state index contributed by atoms with van der Waals surface area (Å²) in [5.74, 6) is 0. The number of carbonyl (C=O) groups is 1. The molecule has 1 amide bonds. The summed E-state index contributed by atoms with van der Waals surface area (Å²) >= 11 is 0. The van der Waals surface area contributed by atoms with E-state index in [9.17, 15) is 23.2 Å². The first-order chi connectivity index (χ1) is 16.9. The lowest BCUT2D eigenvalue weighted by Gasteiger charge is -2.37. The van der Waals surface area contributed by atoms with Crippen LogP contribution in [-0.2, 0) is 4.74 Å². The molecule has 5 rings (SSSR count). The highest BCUT2D eigenvalue weighted by atomic mass is 19.4. The summed E-state index contributed by atoms with van der Waals surface area (Å²) in [4.78, 5) is 22.2. The van der Waals surface area contributed by atoms with Crippen LogP contribution in [0.3, 0.4) is 0 Å². The molecule has 1 aliphatic carbocycles. The fourth-order valence-electron chi connectivity index (χ4n) is 6.00. The average Bonchev–Trinajstić information content (AvgIpc) is 3.32. The quantitative estimate of drug-likeness (QED) is 0.620. The van der Waals surface area contributed by atoms with Crippen molar-refractivity contribution in [3.63, 3.8) is 0 Å². The van der Waals surface area contributed by atoms with E-state index in [0.29, 0.717) is 54.9 Å². The van der Waals surface area contributed by atoms with Gasteiger partial charge in [-0.05, 0) is 51.5 Å². The molecule has 3 aliphatic rings. The van der Waals surface area contributed by atoms with Crippen molar-refractivity contribution in [2.75, 3.05) is 50.7 Å². The zero-order valence-electron chi connectivity index (χ0n) is 20.7. The second-order valence-corrected chi connectivity index (χ2v) is 11.3. The van der Waals surface area contributed by atoms with E-state index in [1.165, 1.54) is 0 Å². The molecule has 0 radical (unpaired) electrons. The molecule has 2 aliphatic heterocycles. The largest absolute Gasteiger partial charge is 0.444 e. The molecular formula is C26H30F3N5O2. The number of ether oxygens (including phenoxy) is 1. The number of aromatic nitrogens is 1. The van der Waals surface area contributed by atoms with Crippen molar-refractivity contribution in [3.8, 4) is 6.07 Å². The van der Waals surface area contributed by atoms with E-state index in [-0.39, 0.29) is 25.6 Å². The predicted octanol–water partition coefficient (Wildman–Crippen LogP) is 4.42. The van der Waals surface area contributed by atoms with E-state index >= 15 is 0 Å². The number of hydrogen-bond acceptors (Lipinski definition) is 6. The van der Waals surface area contributed by atoms with Gasteiger partial charge in [-0.1, -0.05) is 0 Å². The Hall–Kier alpha value is -3.06. The van der Waals surface area contributed by atoms with Crippen LogP contribution in [-0.4, -0.2) is 78.5 Å². The number of nitrogens with zero attached hydrogens (tertiary/aromatic N) is 5. The van der Waals surface area contributed by atoms with Gasteiger partial charge in [-0.2, -0.15) is 18.4 Å². The molecule has 0 spiro atoms. The Bertz CT molecular complexity index is 1230. The third-order valence-corrected chi connectivity index (χ3v) is 7.79. The van der Waals surface area contributed by atoms with Crippen LogP contribution in [0, 0.1) is 22.2 Å². The number of rotatable bonds is 3. The Labute approximate surface area is 208 Å². The van der Waals surface area contributed by atoms with Crippen LogP contribution in [0.4, 0.5) is 23.7 Å². The lowest BCUT2D eigenvalue weighted by Crippen LogP contribution is -2.52. The highest BCUT2D eigenvalue weighted by Crippen LogP contribution is 2.75. The van der Waals surface area contributed by atoms with Gasteiger partial charge in [-0.3, -0.25) is 9.88 Å². The fourth-order valence-corrected chi connectivity index (χ4v) is 6.00. The first-order valence-corrected chi connectivity index (χ1v) is 12.2. The number of alkyl halides is 3. The van der Waals surface area contributed by atoms with E-state index in [1.54, 1.807) is 29.3 Å². The van der Waals surface area contributed by atoms with E-state index in [1.807, 2.05) is 31.7 Å². The minimum atomic E-state index is -4.32. The Kier molecular flexibility index (Phi) is 5.63. The Morgan fingerprint density at radius 3 is 2.50 bits per heavy atom. The van der Waals surface area contributed by atoms with E-state index in [0.717, 1.165) is 0 Å². The lowest BCUT2D eigenvalue weighted by atomic mass is 9.94. The molecule has 2 aromatic rings. The van der Waals surface area contributed by atoms with Gasteiger partial charge in [-0.25, -0.2) is 4.79 Å². The normalized spacial score (nSPS) is 26.6. The summed E-state index contributed by atoms with van der Waals surface area (Å²) in [6.07, 6.45) is -3.01. The standard InChI is InChI=1S/C26H30F3N5O2/c1-23(2,3)36-22(35)33-11-9-32(10-12-33)15-24-14-25(24,26(27,28)29)17-34(16-24)20-7-6-18(13-30)21-19(20)5-4-8-31-21/h4-8H,9-12,14-17H2,1-3H3. The second-order valence-electron chi connectivity index (χ2n) is 11.3. The first-order valence-electron chi connectivity index (χ1n) is 12.2. The van der Waals surface area contributed by atoms with Gasteiger partial charge < -0.3 is 14.5 Å². The summed E-state index contributed by atoms with van der Waals surface area (Å²) in [5.41, 5.74) is -1.66. The molecule has 0 bridgehead atoms. The van der Waals surface area contributed by atoms with Crippen molar-refractivity contribution in [3.05, 3.63) is 36.0 Å². The van der Waals surface area contributed by atoms with Crippen molar-refractivity contribution in [2.45, 2.75) is 39.0 Å². The number of halogens is 3. The number of hydrogen-bond donors (Lipinski definition) is 0. The van der Waals surface area contributed by atoms with Crippen LogP contribution in [0.15, 0.2) is 30.5 Å². The minimum Gasteiger partial charge on any atom is -0.444 e. The average molecular weight is 502 g/mol. The summed E-state index contributed by atoms with van der Waals surface area (Å²) in [6.45, 7) is 7.82. The van der Waals surface area contributed by atoms with Gasteiger partial charge in [0, 0.05) is 68.5 Å². The van der Waals surface area contributed by atoms with Crippen LogP contribution in [0.25, 0.3) is 10.9 Å². The number of benzene rings is 1. The Morgan fingerprint density at radius 1 is 1.14 bits per heavy atom. The Morgan fingerprint density at radius 2 is 1.86 bits per heavy atom. The number of fused-ring (bicyclic) bond motifs is 2. The fraction of sp³-hybridized carbons (Fsp3) is 0.577. The maximum absolute atomic E-state index is 14.5. The number of pyridine rings is 1. The van der Waals surface area contributed by atoms with Crippen LogP contribution >= 0.6 is 0 Å². The molecule has 2 saturated heterocycles. The molecule has 36 heavy (non-hydrogen) atoms. The number of anilines is 1. The summed E-state index contributed by atoms with van der Waals surface area (Å²) in [7, 11) is 0. The van der Waals surface area contributed by atoms with Gasteiger partial charge in [0.05, 0.1) is 16.5 Å².